The predicted octanol–water partition coefficient (Wildman–Crippen LogP) is 5.12. The van der Waals surface area contributed by atoms with Crippen molar-refractivity contribution in [3.8, 4) is 22.8 Å². The van der Waals surface area contributed by atoms with Gasteiger partial charge in [-0.15, -0.1) is 10.2 Å². The number of aromatic nitrogens is 4. The molecule has 0 aliphatic rings. The Bertz CT molecular complexity index is 1280. The highest BCUT2D eigenvalue weighted by molar-refractivity contribution is 9.10. The molecule has 0 saturated carbocycles. The number of hydrogen-bond acceptors (Lipinski definition) is 7. The number of halogens is 1. The lowest BCUT2D eigenvalue weighted by Crippen LogP contribution is -2.20. The first-order valence-electron chi connectivity index (χ1n) is 10.9. The van der Waals surface area contributed by atoms with E-state index in [0.717, 1.165) is 33.5 Å². The molecular formula is C25H23BrN6O2S. The van der Waals surface area contributed by atoms with Gasteiger partial charge in [-0.25, -0.2) is 5.43 Å². The Morgan fingerprint density at radius 1 is 1.09 bits per heavy atom. The van der Waals surface area contributed by atoms with Crippen LogP contribution in [0.4, 0.5) is 0 Å². The normalized spacial score (nSPS) is 11.0. The summed E-state index contributed by atoms with van der Waals surface area (Å²) in [6.07, 6.45) is 5.97. The SMILES string of the molecule is CCCOc1ccc(C=NNC(=O)CSc2nnc(-c3ccncc3)n2-c2ccc(Br)cc2)cc1. The van der Waals surface area contributed by atoms with Gasteiger partial charge in [0.15, 0.2) is 11.0 Å². The lowest BCUT2D eigenvalue weighted by Gasteiger charge is -2.10. The highest BCUT2D eigenvalue weighted by Gasteiger charge is 2.17. The molecule has 0 fully saturated rings. The van der Waals surface area contributed by atoms with Crippen molar-refractivity contribution < 1.29 is 9.53 Å². The first-order valence-corrected chi connectivity index (χ1v) is 12.7. The van der Waals surface area contributed by atoms with Crippen molar-refractivity contribution in [2.45, 2.75) is 18.5 Å². The molecule has 10 heteroatoms. The summed E-state index contributed by atoms with van der Waals surface area (Å²) in [6, 6.07) is 19.1. The Morgan fingerprint density at radius 3 is 2.54 bits per heavy atom. The van der Waals surface area contributed by atoms with E-state index in [9.17, 15) is 4.79 Å². The number of carbonyl (C=O) groups is 1. The number of thioether (sulfide) groups is 1. The number of hydrazone groups is 1. The van der Waals surface area contributed by atoms with Crippen LogP contribution >= 0.6 is 27.7 Å². The predicted molar refractivity (Wildman–Crippen MR) is 141 cm³/mol. The third-order valence-electron chi connectivity index (χ3n) is 4.74. The molecule has 2 heterocycles. The second kappa shape index (κ2) is 12.3. The van der Waals surface area contributed by atoms with E-state index in [-0.39, 0.29) is 11.7 Å². The monoisotopic (exact) mass is 550 g/mol. The highest BCUT2D eigenvalue weighted by Crippen LogP contribution is 2.28. The Hall–Kier alpha value is -3.50. The number of rotatable bonds is 10. The molecule has 35 heavy (non-hydrogen) atoms. The van der Waals surface area contributed by atoms with E-state index in [2.05, 4.69) is 48.6 Å². The summed E-state index contributed by atoms with van der Waals surface area (Å²) in [5.41, 5.74) is 5.19. The van der Waals surface area contributed by atoms with Crippen LogP contribution in [0.2, 0.25) is 0 Å². The van der Waals surface area contributed by atoms with E-state index in [4.69, 9.17) is 4.74 Å². The van der Waals surface area contributed by atoms with E-state index in [1.807, 2.05) is 65.2 Å². The van der Waals surface area contributed by atoms with Crippen LogP contribution in [0.15, 0.2) is 87.8 Å². The third-order valence-corrected chi connectivity index (χ3v) is 6.20. The molecule has 0 aliphatic carbocycles. The zero-order chi connectivity index (χ0) is 24.5. The molecule has 8 nitrogen and oxygen atoms in total. The maximum atomic E-state index is 12.4. The molecule has 0 spiro atoms. The van der Waals surface area contributed by atoms with Crippen LogP contribution in [-0.2, 0) is 4.79 Å². The largest absolute Gasteiger partial charge is 0.494 e. The van der Waals surface area contributed by atoms with Gasteiger partial charge in [0, 0.05) is 28.1 Å². The summed E-state index contributed by atoms with van der Waals surface area (Å²) in [6.45, 7) is 2.74. The fourth-order valence-corrected chi connectivity index (χ4v) is 4.09. The minimum Gasteiger partial charge on any atom is -0.494 e. The van der Waals surface area contributed by atoms with Gasteiger partial charge in [-0.1, -0.05) is 34.6 Å². The highest BCUT2D eigenvalue weighted by atomic mass is 79.9. The molecule has 0 atom stereocenters. The lowest BCUT2D eigenvalue weighted by molar-refractivity contribution is -0.118. The molecule has 2 aromatic heterocycles. The van der Waals surface area contributed by atoms with Crippen molar-refractivity contribution >= 4 is 39.8 Å². The van der Waals surface area contributed by atoms with Crippen molar-refractivity contribution in [1.82, 2.24) is 25.2 Å². The number of benzene rings is 2. The quantitative estimate of drug-likeness (QED) is 0.167. The summed E-state index contributed by atoms with van der Waals surface area (Å²) in [5, 5.41) is 13.4. The molecule has 2 aromatic carbocycles. The first-order chi connectivity index (χ1) is 17.1. The number of ether oxygens (including phenoxy) is 1. The Balaban J connectivity index is 1.42. The number of nitrogens with zero attached hydrogens (tertiary/aromatic N) is 5. The average molecular weight is 551 g/mol. The Morgan fingerprint density at radius 2 is 1.83 bits per heavy atom. The third kappa shape index (κ3) is 6.77. The second-order valence-electron chi connectivity index (χ2n) is 7.35. The molecular weight excluding hydrogens is 528 g/mol. The van der Waals surface area contributed by atoms with E-state index in [1.54, 1.807) is 18.6 Å². The maximum absolute atomic E-state index is 12.4. The fraction of sp³-hybridized carbons (Fsp3) is 0.160. The summed E-state index contributed by atoms with van der Waals surface area (Å²) < 4.78 is 8.46. The minimum atomic E-state index is -0.245. The van der Waals surface area contributed by atoms with Crippen molar-refractivity contribution in [1.29, 1.82) is 0 Å². The topological polar surface area (TPSA) is 94.3 Å². The zero-order valence-electron chi connectivity index (χ0n) is 19.0. The number of nitrogens with one attached hydrogen (secondary N) is 1. The number of carbonyl (C=O) groups excluding carboxylic acids is 1. The molecule has 0 aliphatic heterocycles. The molecule has 0 unspecified atom stereocenters. The molecule has 178 valence electrons. The van der Waals surface area contributed by atoms with E-state index in [0.29, 0.717) is 17.6 Å². The molecule has 0 radical (unpaired) electrons. The second-order valence-corrected chi connectivity index (χ2v) is 9.21. The van der Waals surface area contributed by atoms with Crippen molar-refractivity contribution in [2.75, 3.05) is 12.4 Å². The van der Waals surface area contributed by atoms with Crippen LogP contribution in [0.25, 0.3) is 17.1 Å². The Labute approximate surface area is 216 Å². The number of hydrogen-bond donors (Lipinski definition) is 1. The Kier molecular flexibility index (Phi) is 8.63. The van der Waals surface area contributed by atoms with E-state index < -0.39 is 0 Å². The maximum Gasteiger partial charge on any atom is 0.250 e. The first kappa shape index (κ1) is 24.6. The average Bonchev–Trinajstić information content (AvgIpc) is 3.32. The summed E-state index contributed by atoms with van der Waals surface area (Å²) in [5.74, 6) is 1.36. The van der Waals surface area contributed by atoms with Gasteiger partial charge in [0.25, 0.3) is 5.91 Å². The molecule has 0 saturated heterocycles. The van der Waals surface area contributed by atoms with Crippen LogP contribution < -0.4 is 10.2 Å². The number of pyridine rings is 1. The van der Waals surface area contributed by atoms with Crippen LogP contribution in [-0.4, -0.2) is 44.2 Å². The van der Waals surface area contributed by atoms with Gasteiger partial charge >= 0.3 is 0 Å². The van der Waals surface area contributed by atoms with Crippen LogP contribution in [0.3, 0.4) is 0 Å². The molecule has 1 amide bonds. The van der Waals surface area contributed by atoms with Crippen molar-refractivity contribution in [3.05, 3.63) is 83.1 Å². The van der Waals surface area contributed by atoms with E-state index >= 15 is 0 Å². The van der Waals surface area contributed by atoms with Crippen molar-refractivity contribution in [2.24, 2.45) is 5.10 Å². The summed E-state index contributed by atoms with van der Waals surface area (Å²) >= 11 is 4.75. The standard InChI is InChI=1S/C25H23BrN6O2S/c1-2-15-34-22-9-3-18(4-10-22)16-28-29-23(33)17-35-25-31-30-24(19-11-13-27-14-12-19)32(25)21-7-5-20(26)6-8-21/h3-14,16H,2,15,17H2,1H3,(H,29,33). The minimum absolute atomic E-state index is 0.131. The van der Waals surface area contributed by atoms with Crippen molar-refractivity contribution in [3.63, 3.8) is 0 Å². The van der Waals surface area contributed by atoms with Gasteiger partial charge < -0.3 is 4.74 Å². The van der Waals surface area contributed by atoms with Gasteiger partial charge in [-0.3, -0.25) is 14.3 Å². The molecule has 0 bridgehead atoms. The van der Waals surface area contributed by atoms with Crippen LogP contribution in [0.5, 0.6) is 5.75 Å². The molecule has 4 rings (SSSR count). The summed E-state index contributed by atoms with van der Waals surface area (Å²) in [4.78, 5) is 16.5. The van der Waals surface area contributed by atoms with Gasteiger partial charge in [-0.05, 0) is 72.6 Å². The van der Waals surface area contributed by atoms with E-state index in [1.165, 1.54) is 11.8 Å². The van der Waals surface area contributed by atoms with Gasteiger partial charge in [0.1, 0.15) is 5.75 Å². The molecule has 4 aromatic rings. The smallest absolute Gasteiger partial charge is 0.250 e. The van der Waals surface area contributed by atoms with Crippen LogP contribution in [0.1, 0.15) is 18.9 Å². The number of amides is 1. The van der Waals surface area contributed by atoms with Gasteiger partial charge in [0.2, 0.25) is 0 Å². The van der Waals surface area contributed by atoms with Crippen LogP contribution in [0, 0.1) is 0 Å². The van der Waals surface area contributed by atoms with Gasteiger partial charge in [0.05, 0.1) is 18.6 Å². The lowest BCUT2D eigenvalue weighted by atomic mass is 10.2. The molecule has 1 N–H and O–H groups in total. The zero-order valence-corrected chi connectivity index (χ0v) is 21.4. The fourth-order valence-electron chi connectivity index (χ4n) is 3.09. The summed E-state index contributed by atoms with van der Waals surface area (Å²) in [7, 11) is 0. The van der Waals surface area contributed by atoms with Gasteiger partial charge in [-0.2, -0.15) is 5.10 Å².